The molecule has 0 spiro atoms. The molecule has 20 heavy (non-hydrogen) atoms. The van der Waals surface area contributed by atoms with E-state index in [9.17, 15) is 12.8 Å². The zero-order valence-electron chi connectivity index (χ0n) is 10.5. The first-order valence-electron chi connectivity index (χ1n) is 5.66. The smallest absolute Gasteiger partial charge is 0.208 e. The average molecular weight is 385 g/mol. The maximum atomic E-state index is 13.6. The molecular formula is C11H12BrClFN3O2S. The van der Waals surface area contributed by atoms with Crippen LogP contribution >= 0.6 is 27.5 Å². The molecule has 0 saturated heterocycles. The molecule has 0 amide bonds. The van der Waals surface area contributed by atoms with Crippen LogP contribution in [0.5, 0.6) is 0 Å². The van der Waals surface area contributed by atoms with E-state index in [0.29, 0.717) is 27.9 Å². The normalized spacial score (nSPS) is 12.2. The van der Waals surface area contributed by atoms with E-state index in [1.807, 2.05) is 0 Å². The minimum Gasteiger partial charge on any atom is -0.326 e. The zero-order valence-corrected chi connectivity index (χ0v) is 13.7. The number of imidazole rings is 1. The van der Waals surface area contributed by atoms with E-state index in [1.54, 1.807) is 10.6 Å². The fourth-order valence-corrected chi connectivity index (χ4v) is 2.86. The number of hydrogen-bond acceptors (Lipinski definition) is 3. The topological polar surface area (TPSA) is 64.0 Å². The summed E-state index contributed by atoms with van der Waals surface area (Å²) in [4.78, 5) is 4.31. The first-order chi connectivity index (χ1) is 9.31. The summed E-state index contributed by atoms with van der Waals surface area (Å²) in [6.45, 7) is 0.512. The predicted molar refractivity (Wildman–Crippen MR) is 79.8 cm³/mol. The fourth-order valence-electron chi connectivity index (χ4n) is 1.86. The molecule has 1 aromatic heterocycles. The molecule has 0 bridgehead atoms. The van der Waals surface area contributed by atoms with Crippen molar-refractivity contribution in [2.24, 2.45) is 0 Å². The molecule has 110 valence electrons. The second-order valence-electron chi connectivity index (χ2n) is 4.23. The minimum absolute atomic E-state index is 0.160. The number of aromatic nitrogens is 2. The highest BCUT2D eigenvalue weighted by Crippen LogP contribution is 2.24. The fraction of sp³-hybridized carbons (Fsp3) is 0.364. The molecular weight excluding hydrogens is 373 g/mol. The lowest BCUT2D eigenvalue weighted by Crippen LogP contribution is -2.26. The molecule has 2 aromatic rings. The molecule has 0 radical (unpaired) electrons. The van der Waals surface area contributed by atoms with Gasteiger partial charge in [-0.05, 0) is 22.0 Å². The van der Waals surface area contributed by atoms with Crippen molar-refractivity contribution in [3.63, 3.8) is 0 Å². The van der Waals surface area contributed by atoms with Crippen LogP contribution < -0.4 is 4.72 Å². The van der Waals surface area contributed by atoms with Gasteiger partial charge in [-0.25, -0.2) is 22.5 Å². The van der Waals surface area contributed by atoms with Crippen molar-refractivity contribution < 1.29 is 12.8 Å². The number of sulfonamides is 1. The molecule has 1 heterocycles. The molecule has 1 aromatic carbocycles. The van der Waals surface area contributed by atoms with Crippen molar-refractivity contribution in [2.75, 3.05) is 12.8 Å². The Hall–Kier alpha value is -0.700. The van der Waals surface area contributed by atoms with Gasteiger partial charge in [-0.15, -0.1) is 11.6 Å². The third-order valence-electron chi connectivity index (χ3n) is 2.69. The summed E-state index contributed by atoms with van der Waals surface area (Å²) in [7, 11) is -3.26. The number of nitrogens with zero attached hydrogens (tertiary/aromatic N) is 2. The largest absolute Gasteiger partial charge is 0.326 e. The van der Waals surface area contributed by atoms with E-state index in [1.165, 1.54) is 6.07 Å². The van der Waals surface area contributed by atoms with Gasteiger partial charge in [0, 0.05) is 19.2 Å². The van der Waals surface area contributed by atoms with Crippen molar-refractivity contribution in [2.45, 2.75) is 12.4 Å². The number of rotatable bonds is 5. The Balaban J connectivity index is 2.37. The van der Waals surface area contributed by atoms with Crippen molar-refractivity contribution in [1.82, 2.24) is 14.3 Å². The van der Waals surface area contributed by atoms with Gasteiger partial charge in [0.05, 0.1) is 27.6 Å². The van der Waals surface area contributed by atoms with Crippen LogP contribution in [0.15, 0.2) is 16.6 Å². The monoisotopic (exact) mass is 383 g/mol. The second-order valence-corrected chi connectivity index (χ2v) is 7.19. The van der Waals surface area contributed by atoms with Crippen LogP contribution in [-0.2, 0) is 22.4 Å². The summed E-state index contributed by atoms with van der Waals surface area (Å²) in [6, 6.07) is 2.92. The van der Waals surface area contributed by atoms with Gasteiger partial charge >= 0.3 is 0 Å². The number of hydrogen-bond donors (Lipinski definition) is 1. The molecule has 1 N–H and O–H groups in total. The van der Waals surface area contributed by atoms with E-state index in [4.69, 9.17) is 11.6 Å². The second kappa shape index (κ2) is 5.97. The number of benzene rings is 1. The Morgan fingerprint density at radius 2 is 2.20 bits per heavy atom. The van der Waals surface area contributed by atoms with Crippen molar-refractivity contribution in [3.05, 3.63) is 28.2 Å². The van der Waals surface area contributed by atoms with Crippen LogP contribution in [0, 0.1) is 5.82 Å². The summed E-state index contributed by atoms with van der Waals surface area (Å²) < 4.78 is 40.1. The number of nitrogens with one attached hydrogen (secondary N) is 1. The molecule has 2 rings (SSSR count). The Labute approximate surface area is 129 Å². The van der Waals surface area contributed by atoms with Gasteiger partial charge in [0.2, 0.25) is 10.0 Å². The minimum atomic E-state index is -3.26. The number of alkyl halides is 1. The Kier molecular flexibility index (Phi) is 4.68. The summed E-state index contributed by atoms with van der Waals surface area (Å²) in [5.74, 6) is 0.317. The van der Waals surface area contributed by atoms with Gasteiger partial charge in [0.25, 0.3) is 0 Å². The van der Waals surface area contributed by atoms with Gasteiger partial charge in [0.1, 0.15) is 11.6 Å². The van der Waals surface area contributed by atoms with Gasteiger partial charge in [-0.2, -0.15) is 0 Å². The first kappa shape index (κ1) is 15.7. The Morgan fingerprint density at radius 1 is 1.50 bits per heavy atom. The van der Waals surface area contributed by atoms with E-state index in [-0.39, 0.29) is 12.4 Å². The van der Waals surface area contributed by atoms with Crippen LogP contribution in [-0.4, -0.2) is 30.8 Å². The Bertz CT molecular complexity index is 748. The van der Waals surface area contributed by atoms with Crippen molar-refractivity contribution in [1.29, 1.82) is 0 Å². The molecule has 5 nitrogen and oxygen atoms in total. The highest BCUT2D eigenvalue weighted by Gasteiger charge is 2.13. The first-order valence-corrected chi connectivity index (χ1v) is 8.88. The number of fused-ring (bicyclic) bond motifs is 1. The highest BCUT2D eigenvalue weighted by atomic mass is 79.9. The summed E-state index contributed by atoms with van der Waals surface area (Å²) in [6.07, 6.45) is 1.08. The van der Waals surface area contributed by atoms with Gasteiger partial charge in [-0.1, -0.05) is 0 Å². The van der Waals surface area contributed by atoms with Crippen LogP contribution in [0.4, 0.5) is 4.39 Å². The molecule has 9 heteroatoms. The molecule has 0 aliphatic heterocycles. The molecule has 0 fully saturated rings. The van der Waals surface area contributed by atoms with Gasteiger partial charge in [0.15, 0.2) is 0 Å². The van der Waals surface area contributed by atoms with Crippen LogP contribution in [0.2, 0.25) is 0 Å². The van der Waals surface area contributed by atoms with Crippen LogP contribution in [0.25, 0.3) is 11.0 Å². The number of halogens is 3. The van der Waals surface area contributed by atoms with E-state index < -0.39 is 15.8 Å². The SMILES string of the molecule is CS(=O)(=O)NCCn1c(CCl)nc2cc(Br)c(F)cc21. The summed E-state index contributed by atoms with van der Waals surface area (Å²) >= 11 is 8.93. The molecule has 0 aliphatic carbocycles. The predicted octanol–water partition coefficient (Wildman–Crippen LogP) is 2.23. The maximum Gasteiger partial charge on any atom is 0.208 e. The lowest BCUT2D eigenvalue weighted by atomic mass is 10.3. The molecule has 0 unspecified atom stereocenters. The lowest BCUT2D eigenvalue weighted by Gasteiger charge is -2.08. The van der Waals surface area contributed by atoms with Crippen LogP contribution in [0.1, 0.15) is 5.82 Å². The summed E-state index contributed by atoms with van der Waals surface area (Å²) in [5.41, 5.74) is 1.19. The third-order valence-corrected chi connectivity index (χ3v) is 4.26. The quantitative estimate of drug-likeness (QED) is 0.804. The summed E-state index contributed by atoms with van der Waals surface area (Å²) in [5, 5.41) is 0. The maximum absolute atomic E-state index is 13.6. The van der Waals surface area contributed by atoms with Gasteiger partial charge in [-0.3, -0.25) is 0 Å². The van der Waals surface area contributed by atoms with E-state index >= 15 is 0 Å². The van der Waals surface area contributed by atoms with E-state index in [0.717, 1.165) is 6.26 Å². The molecule has 0 saturated carbocycles. The van der Waals surface area contributed by atoms with Gasteiger partial charge < -0.3 is 4.57 Å². The van der Waals surface area contributed by atoms with Crippen LogP contribution in [0.3, 0.4) is 0 Å². The third kappa shape index (κ3) is 3.49. The van der Waals surface area contributed by atoms with Crippen molar-refractivity contribution >= 4 is 48.6 Å². The zero-order chi connectivity index (χ0) is 14.9. The standard InChI is InChI=1S/C11H12BrClFN3O2S/c1-20(18,19)15-2-3-17-10-5-8(14)7(12)4-9(10)16-11(17)6-13/h4-5,15H,2-3,6H2,1H3. The highest BCUT2D eigenvalue weighted by molar-refractivity contribution is 9.10. The van der Waals surface area contributed by atoms with Crippen molar-refractivity contribution in [3.8, 4) is 0 Å². The molecule has 0 aliphatic rings. The molecule has 0 atom stereocenters. The van der Waals surface area contributed by atoms with E-state index in [2.05, 4.69) is 25.6 Å². The lowest BCUT2D eigenvalue weighted by molar-refractivity contribution is 0.577. The Morgan fingerprint density at radius 3 is 2.80 bits per heavy atom. The average Bonchev–Trinajstić information content (AvgIpc) is 2.66.